The lowest BCUT2D eigenvalue weighted by Gasteiger charge is -2.11. The molecular formula is C25H26ClN3O4. The van der Waals surface area contributed by atoms with Crippen LogP contribution in [0.1, 0.15) is 27.9 Å². The monoisotopic (exact) mass is 467 g/mol. The number of amides is 1. The van der Waals surface area contributed by atoms with Crippen LogP contribution in [0.15, 0.2) is 48.5 Å². The quantitative estimate of drug-likeness (QED) is 0.383. The van der Waals surface area contributed by atoms with Gasteiger partial charge in [-0.15, -0.1) is 0 Å². The molecule has 1 heterocycles. The van der Waals surface area contributed by atoms with Crippen molar-refractivity contribution in [1.82, 2.24) is 9.78 Å². The van der Waals surface area contributed by atoms with E-state index in [0.717, 1.165) is 28.1 Å². The summed E-state index contributed by atoms with van der Waals surface area (Å²) in [6, 6.07) is 13.3. The van der Waals surface area contributed by atoms with Gasteiger partial charge in [0.25, 0.3) is 5.91 Å². The Labute approximate surface area is 198 Å². The number of esters is 1. The number of rotatable bonds is 8. The first-order valence-corrected chi connectivity index (χ1v) is 10.7. The highest BCUT2D eigenvalue weighted by molar-refractivity contribution is 6.31. The molecule has 172 valence electrons. The first-order chi connectivity index (χ1) is 15.8. The Kier molecular flexibility index (Phi) is 7.90. The van der Waals surface area contributed by atoms with Crippen molar-refractivity contribution in [2.45, 2.75) is 27.3 Å². The zero-order chi connectivity index (χ0) is 24.0. The van der Waals surface area contributed by atoms with Gasteiger partial charge in [0.1, 0.15) is 10.9 Å². The molecule has 0 atom stereocenters. The molecule has 1 N–H and O–H groups in total. The Morgan fingerprint density at radius 2 is 1.82 bits per heavy atom. The van der Waals surface area contributed by atoms with E-state index in [1.54, 1.807) is 24.8 Å². The van der Waals surface area contributed by atoms with Crippen molar-refractivity contribution < 1.29 is 19.1 Å². The molecule has 8 heteroatoms. The molecule has 3 rings (SSSR count). The number of aryl methyl sites for hydroxylation is 3. The zero-order valence-electron chi connectivity index (χ0n) is 19.0. The van der Waals surface area contributed by atoms with Gasteiger partial charge in [0.15, 0.2) is 6.61 Å². The van der Waals surface area contributed by atoms with Crippen LogP contribution in [0.25, 0.3) is 6.08 Å². The number of hydrogen-bond donors (Lipinski definition) is 1. The summed E-state index contributed by atoms with van der Waals surface area (Å²) in [5, 5.41) is 7.63. The number of nitrogens with zero attached hydrogens (tertiary/aromatic N) is 2. The number of hydrogen-bond acceptors (Lipinski definition) is 5. The number of halogens is 1. The number of ether oxygens (including phenoxy) is 2. The third-order valence-corrected chi connectivity index (χ3v) is 5.45. The lowest BCUT2D eigenvalue weighted by Crippen LogP contribution is -2.21. The van der Waals surface area contributed by atoms with Crippen molar-refractivity contribution in [2.24, 2.45) is 0 Å². The van der Waals surface area contributed by atoms with Gasteiger partial charge in [-0.25, -0.2) is 9.48 Å². The van der Waals surface area contributed by atoms with E-state index in [1.807, 2.05) is 56.3 Å². The summed E-state index contributed by atoms with van der Waals surface area (Å²) in [6.07, 6.45) is 2.77. The highest BCUT2D eigenvalue weighted by atomic mass is 35.5. The summed E-state index contributed by atoms with van der Waals surface area (Å²) in [4.78, 5) is 24.3. The van der Waals surface area contributed by atoms with Gasteiger partial charge in [0.05, 0.1) is 19.3 Å². The number of carbonyl (C=O) groups is 2. The molecule has 0 saturated carbocycles. The van der Waals surface area contributed by atoms with E-state index >= 15 is 0 Å². The Balaban J connectivity index is 1.60. The van der Waals surface area contributed by atoms with Crippen LogP contribution in [0.3, 0.4) is 0 Å². The Hall–Kier alpha value is -3.58. The summed E-state index contributed by atoms with van der Waals surface area (Å²) < 4.78 is 12.0. The van der Waals surface area contributed by atoms with Crippen LogP contribution in [-0.2, 0) is 20.9 Å². The molecule has 0 fully saturated rings. The van der Waals surface area contributed by atoms with E-state index in [0.29, 0.717) is 23.0 Å². The molecular weight excluding hydrogens is 442 g/mol. The fourth-order valence-corrected chi connectivity index (χ4v) is 3.63. The maximum atomic E-state index is 12.2. The summed E-state index contributed by atoms with van der Waals surface area (Å²) in [7, 11) is 1.61. The van der Waals surface area contributed by atoms with Crippen LogP contribution in [0.5, 0.6) is 5.75 Å². The third-order valence-electron chi connectivity index (χ3n) is 5.05. The summed E-state index contributed by atoms with van der Waals surface area (Å²) in [5.74, 6) is -0.311. The average Bonchev–Trinajstić information content (AvgIpc) is 3.05. The number of carbonyl (C=O) groups excluding carboxylic acids is 2. The van der Waals surface area contributed by atoms with Gasteiger partial charge in [0, 0.05) is 17.3 Å². The molecule has 7 nitrogen and oxygen atoms in total. The van der Waals surface area contributed by atoms with E-state index < -0.39 is 18.5 Å². The van der Waals surface area contributed by atoms with Crippen LogP contribution >= 0.6 is 11.6 Å². The zero-order valence-corrected chi connectivity index (χ0v) is 19.8. The molecule has 2 aromatic carbocycles. The van der Waals surface area contributed by atoms with Crippen molar-refractivity contribution in [1.29, 1.82) is 0 Å². The number of methoxy groups -OCH3 is 1. The fraction of sp³-hybridized carbons (Fsp3) is 0.240. The molecule has 0 aliphatic heterocycles. The molecule has 3 aromatic rings. The normalized spacial score (nSPS) is 10.9. The van der Waals surface area contributed by atoms with E-state index in [4.69, 9.17) is 21.1 Å². The average molecular weight is 468 g/mol. The van der Waals surface area contributed by atoms with Gasteiger partial charge in [-0.05, 0) is 55.7 Å². The van der Waals surface area contributed by atoms with E-state index in [-0.39, 0.29) is 0 Å². The second-order valence-electron chi connectivity index (χ2n) is 7.56. The SMILES string of the molecule is COc1cccc(Cn2nc(C)c(/C=C/C(=O)OCC(=O)Nc3c(C)cccc3C)c2Cl)c1. The molecule has 0 spiro atoms. The molecule has 1 amide bonds. The van der Waals surface area contributed by atoms with Crippen molar-refractivity contribution in [3.63, 3.8) is 0 Å². The van der Waals surface area contributed by atoms with Crippen LogP contribution in [0.4, 0.5) is 5.69 Å². The predicted molar refractivity (Wildman–Crippen MR) is 129 cm³/mol. The molecule has 1 aromatic heterocycles. The van der Waals surface area contributed by atoms with Crippen LogP contribution in [-0.4, -0.2) is 35.4 Å². The van der Waals surface area contributed by atoms with E-state index in [1.165, 1.54) is 6.08 Å². The Bertz CT molecular complexity index is 1180. The number of aromatic nitrogens is 2. The minimum absolute atomic E-state index is 0.390. The lowest BCUT2D eigenvalue weighted by atomic mass is 10.1. The summed E-state index contributed by atoms with van der Waals surface area (Å²) in [6.45, 7) is 5.67. The minimum Gasteiger partial charge on any atom is -0.497 e. The third kappa shape index (κ3) is 6.23. The Morgan fingerprint density at radius 3 is 2.52 bits per heavy atom. The number of para-hydroxylation sites is 1. The largest absolute Gasteiger partial charge is 0.497 e. The van der Waals surface area contributed by atoms with E-state index in [2.05, 4.69) is 10.4 Å². The maximum absolute atomic E-state index is 12.2. The van der Waals surface area contributed by atoms with Gasteiger partial charge in [0.2, 0.25) is 0 Å². The second kappa shape index (κ2) is 10.8. The minimum atomic E-state index is -0.650. The summed E-state index contributed by atoms with van der Waals surface area (Å²) in [5.41, 5.74) is 4.84. The number of nitrogens with one attached hydrogen (secondary N) is 1. The molecule has 0 aliphatic carbocycles. The Morgan fingerprint density at radius 1 is 1.12 bits per heavy atom. The highest BCUT2D eigenvalue weighted by Gasteiger charge is 2.13. The molecule has 0 aliphatic rings. The number of anilines is 1. The van der Waals surface area contributed by atoms with Crippen molar-refractivity contribution in [3.8, 4) is 5.75 Å². The standard InChI is InChI=1S/C25H26ClN3O4/c1-16-7-5-8-17(2)24(16)27-22(30)15-33-23(31)12-11-21-18(3)28-29(25(21)26)14-19-9-6-10-20(13-19)32-4/h5-13H,14-15H2,1-4H3,(H,27,30)/b12-11+. The van der Waals surface area contributed by atoms with Crippen molar-refractivity contribution in [2.75, 3.05) is 19.0 Å². The van der Waals surface area contributed by atoms with Gasteiger partial charge in [-0.1, -0.05) is 41.9 Å². The maximum Gasteiger partial charge on any atom is 0.331 e. The first-order valence-electron chi connectivity index (χ1n) is 10.3. The van der Waals surface area contributed by atoms with Crippen molar-refractivity contribution in [3.05, 3.63) is 81.6 Å². The van der Waals surface area contributed by atoms with Gasteiger partial charge >= 0.3 is 5.97 Å². The number of benzene rings is 2. The molecule has 0 unspecified atom stereocenters. The smallest absolute Gasteiger partial charge is 0.331 e. The second-order valence-corrected chi connectivity index (χ2v) is 7.91. The van der Waals surface area contributed by atoms with Gasteiger partial charge in [-0.3, -0.25) is 4.79 Å². The van der Waals surface area contributed by atoms with Crippen molar-refractivity contribution >= 4 is 35.2 Å². The molecule has 33 heavy (non-hydrogen) atoms. The molecule has 0 saturated heterocycles. The van der Waals surface area contributed by atoms with Crippen LogP contribution in [0, 0.1) is 20.8 Å². The predicted octanol–water partition coefficient (Wildman–Crippen LogP) is 4.71. The molecule has 0 radical (unpaired) electrons. The molecule has 0 bridgehead atoms. The van der Waals surface area contributed by atoms with Gasteiger partial charge < -0.3 is 14.8 Å². The highest BCUT2D eigenvalue weighted by Crippen LogP contribution is 2.23. The van der Waals surface area contributed by atoms with E-state index in [9.17, 15) is 9.59 Å². The van der Waals surface area contributed by atoms with Crippen LogP contribution in [0.2, 0.25) is 5.15 Å². The topological polar surface area (TPSA) is 82.5 Å². The van der Waals surface area contributed by atoms with Gasteiger partial charge in [-0.2, -0.15) is 5.10 Å². The lowest BCUT2D eigenvalue weighted by molar-refractivity contribution is -0.142. The first kappa shape index (κ1) is 24.1. The summed E-state index contributed by atoms with van der Waals surface area (Å²) >= 11 is 6.49. The fourth-order valence-electron chi connectivity index (χ4n) is 3.33. The van der Waals surface area contributed by atoms with Crippen LogP contribution < -0.4 is 10.1 Å².